The Kier molecular flexibility index (Phi) is 3.71. The third kappa shape index (κ3) is 2.70. The summed E-state index contributed by atoms with van der Waals surface area (Å²) < 4.78 is 0. The lowest BCUT2D eigenvalue weighted by Gasteiger charge is -2.08. The first-order valence-electron chi connectivity index (χ1n) is 4.07. The summed E-state index contributed by atoms with van der Waals surface area (Å²) in [7, 11) is 0. The SMILES string of the molecule is CCNC(=O)C(Cl)c1cccnc1. The Hall–Kier alpha value is -1.09. The first-order valence-corrected chi connectivity index (χ1v) is 4.51. The molecule has 0 aliphatic carbocycles. The molecule has 0 aliphatic heterocycles. The van der Waals surface area contributed by atoms with Crippen molar-refractivity contribution in [2.24, 2.45) is 0 Å². The maximum absolute atomic E-state index is 11.3. The Bertz CT molecular complexity index is 276. The zero-order valence-corrected chi connectivity index (χ0v) is 8.08. The van der Waals surface area contributed by atoms with Crippen molar-refractivity contribution in [2.75, 3.05) is 6.54 Å². The first-order chi connectivity index (χ1) is 6.25. The van der Waals surface area contributed by atoms with Gasteiger partial charge in [-0.2, -0.15) is 0 Å². The van der Waals surface area contributed by atoms with Gasteiger partial charge in [0, 0.05) is 18.9 Å². The van der Waals surface area contributed by atoms with E-state index in [1.165, 1.54) is 0 Å². The highest BCUT2D eigenvalue weighted by Gasteiger charge is 2.15. The number of aromatic nitrogens is 1. The Morgan fingerprint density at radius 2 is 2.54 bits per heavy atom. The van der Waals surface area contributed by atoms with Crippen molar-refractivity contribution in [3.63, 3.8) is 0 Å². The molecule has 0 aromatic carbocycles. The van der Waals surface area contributed by atoms with Crippen LogP contribution in [0, 0.1) is 0 Å². The standard InChI is InChI=1S/C9H11ClN2O/c1-2-12-9(13)8(10)7-4-3-5-11-6-7/h3-6,8H,2H2,1H3,(H,12,13). The lowest BCUT2D eigenvalue weighted by atomic mass is 10.2. The first kappa shape index (κ1) is 9.99. The summed E-state index contributed by atoms with van der Waals surface area (Å²) in [5.41, 5.74) is 0.718. The van der Waals surface area contributed by atoms with Crippen molar-refractivity contribution >= 4 is 17.5 Å². The summed E-state index contributed by atoms with van der Waals surface area (Å²) in [5, 5.41) is 2.00. The van der Waals surface area contributed by atoms with Gasteiger partial charge in [-0.3, -0.25) is 9.78 Å². The fourth-order valence-corrected chi connectivity index (χ4v) is 1.15. The summed E-state index contributed by atoms with van der Waals surface area (Å²) in [5.74, 6) is -0.183. The van der Waals surface area contributed by atoms with E-state index in [0.29, 0.717) is 6.54 Å². The number of hydrogen-bond acceptors (Lipinski definition) is 2. The quantitative estimate of drug-likeness (QED) is 0.748. The molecule has 0 aliphatic rings. The molecule has 13 heavy (non-hydrogen) atoms. The second-order valence-corrected chi connectivity index (χ2v) is 2.98. The van der Waals surface area contributed by atoms with Crippen LogP contribution in [-0.4, -0.2) is 17.4 Å². The van der Waals surface area contributed by atoms with Gasteiger partial charge < -0.3 is 5.32 Å². The normalized spacial score (nSPS) is 12.2. The van der Waals surface area contributed by atoms with Crippen LogP contribution in [0.15, 0.2) is 24.5 Å². The summed E-state index contributed by atoms with van der Waals surface area (Å²) >= 11 is 5.88. The van der Waals surface area contributed by atoms with Crippen LogP contribution in [0.3, 0.4) is 0 Å². The monoisotopic (exact) mass is 198 g/mol. The summed E-state index contributed by atoms with van der Waals surface area (Å²) in [6.45, 7) is 2.44. The average molecular weight is 199 g/mol. The average Bonchev–Trinajstić information content (AvgIpc) is 2.18. The molecule has 0 bridgehead atoms. The molecular weight excluding hydrogens is 188 g/mol. The van der Waals surface area contributed by atoms with Crippen LogP contribution in [0.5, 0.6) is 0 Å². The van der Waals surface area contributed by atoms with Gasteiger partial charge in [-0.25, -0.2) is 0 Å². The molecular formula is C9H11ClN2O. The number of rotatable bonds is 3. The minimum absolute atomic E-state index is 0.183. The molecule has 1 heterocycles. The number of carbonyl (C=O) groups excluding carboxylic acids is 1. The van der Waals surface area contributed by atoms with Gasteiger partial charge in [0.05, 0.1) is 0 Å². The highest BCUT2D eigenvalue weighted by atomic mass is 35.5. The van der Waals surface area contributed by atoms with Gasteiger partial charge in [-0.05, 0) is 18.6 Å². The van der Waals surface area contributed by atoms with Gasteiger partial charge >= 0.3 is 0 Å². The Morgan fingerprint density at radius 1 is 1.77 bits per heavy atom. The summed E-state index contributed by atoms with van der Waals surface area (Å²) in [6, 6.07) is 3.53. The van der Waals surface area contributed by atoms with Gasteiger partial charge in [-0.15, -0.1) is 11.6 Å². The number of nitrogens with one attached hydrogen (secondary N) is 1. The van der Waals surface area contributed by atoms with Crippen molar-refractivity contribution in [1.29, 1.82) is 0 Å². The molecule has 1 unspecified atom stereocenters. The molecule has 1 amide bonds. The lowest BCUT2D eigenvalue weighted by Crippen LogP contribution is -2.26. The Balaban J connectivity index is 2.68. The molecule has 1 atom stereocenters. The fraction of sp³-hybridized carbons (Fsp3) is 0.333. The van der Waals surface area contributed by atoms with Crippen molar-refractivity contribution < 1.29 is 4.79 Å². The zero-order chi connectivity index (χ0) is 9.68. The molecule has 1 N–H and O–H groups in total. The number of hydrogen-bond donors (Lipinski definition) is 1. The molecule has 1 aromatic heterocycles. The van der Waals surface area contributed by atoms with E-state index in [1.54, 1.807) is 24.5 Å². The van der Waals surface area contributed by atoms with E-state index in [2.05, 4.69) is 10.3 Å². The van der Waals surface area contributed by atoms with Gasteiger partial charge in [0.2, 0.25) is 5.91 Å². The lowest BCUT2D eigenvalue weighted by molar-refractivity contribution is -0.120. The largest absolute Gasteiger partial charge is 0.355 e. The predicted octanol–water partition coefficient (Wildman–Crippen LogP) is 1.50. The smallest absolute Gasteiger partial charge is 0.242 e. The van der Waals surface area contributed by atoms with Gasteiger partial charge in [0.15, 0.2) is 0 Å². The van der Waals surface area contributed by atoms with Crippen LogP contribution in [0.2, 0.25) is 0 Å². The van der Waals surface area contributed by atoms with Crippen LogP contribution >= 0.6 is 11.6 Å². The Morgan fingerprint density at radius 3 is 3.08 bits per heavy atom. The van der Waals surface area contributed by atoms with Crippen molar-refractivity contribution in [3.8, 4) is 0 Å². The van der Waals surface area contributed by atoms with Crippen molar-refractivity contribution in [2.45, 2.75) is 12.3 Å². The van der Waals surface area contributed by atoms with Crippen molar-refractivity contribution in [3.05, 3.63) is 30.1 Å². The third-order valence-electron chi connectivity index (χ3n) is 1.56. The van der Waals surface area contributed by atoms with Crippen LogP contribution in [0.25, 0.3) is 0 Å². The van der Waals surface area contributed by atoms with E-state index < -0.39 is 5.38 Å². The molecule has 0 saturated carbocycles. The molecule has 0 radical (unpaired) electrons. The second kappa shape index (κ2) is 4.82. The maximum atomic E-state index is 11.3. The van der Waals surface area contributed by atoms with Gasteiger partial charge in [-0.1, -0.05) is 6.07 Å². The minimum Gasteiger partial charge on any atom is -0.355 e. The molecule has 70 valence electrons. The minimum atomic E-state index is -0.645. The third-order valence-corrected chi connectivity index (χ3v) is 2.01. The van der Waals surface area contributed by atoms with E-state index in [4.69, 9.17) is 11.6 Å². The molecule has 3 nitrogen and oxygen atoms in total. The van der Waals surface area contributed by atoms with E-state index in [-0.39, 0.29) is 5.91 Å². The van der Waals surface area contributed by atoms with E-state index in [9.17, 15) is 4.79 Å². The van der Waals surface area contributed by atoms with E-state index >= 15 is 0 Å². The molecule has 0 saturated heterocycles. The topological polar surface area (TPSA) is 42.0 Å². The highest BCUT2D eigenvalue weighted by molar-refractivity contribution is 6.30. The number of alkyl halides is 1. The number of halogens is 1. The highest BCUT2D eigenvalue weighted by Crippen LogP contribution is 2.18. The Labute approximate surface area is 82.1 Å². The van der Waals surface area contributed by atoms with E-state index in [1.807, 2.05) is 6.92 Å². The number of carbonyl (C=O) groups is 1. The molecule has 0 spiro atoms. The van der Waals surface area contributed by atoms with E-state index in [0.717, 1.165) is 5.56 Å². The van der Waals surface area contributed by atoms with Crippen LogP contribution in [0.1, 0.15) is 17.9 Å². The van der Waals surface area contributed by atoms with Gasteiger partial charge in [0.1, 0.15) is 5.38 Å². The predicted molar refractivity (Wildman–Crippen MR) is 51.5 cm³/mol. The molecule has 0 fully saturated rings. The van der Waals surface area contributed by atoms with Crippen LogP contribution in [0.4, 0.5) is 0 Å². The second-order valence-electron chi connectivity index (χ2n) is 2.54. The van der Waals surface area contributed by atoms with Crippen LogP contribution < -0.4 is 5.32 Å². The number of amides is 1. The van der Waals surface area contributed by atoms with Gasteiger partial charge in [0.25, 0.3) is 0 Å². The maximum Gasteiger partial charge on any atom is 0.242 e. The number of pyridine rings is 1. The molecule has 4 heteroatoms. The molecule has 1 rings (SSSR count). The summed E-state index contributed by atoms with van der Waals surface area (Å²) in [6.07, 6.45) is 3.23. The summed E-state index contributed by atoms with van der Waals surface area (Å²) in [4.78, 5) is 15.2. The molecule has 1 aromatic rings. The van der Waals surface area contributed by atoms with Crippen LogP contribution in [-0.2, 0) is 4.79 Å². The number of nitrogens with zero attached hydrogens (tertiary/aromatic N) is 1. The van der Waals surface area contributed by atoms with Crippen molar-refractivity contribution in [1.82, 2.24) is 10.3 Å². The fourth-order valence-electron chi connectivity index (χ4n) is 0.941. The zero-order valence-electron chi connectivity index (χ0n) is 7.33. The number of likely N-dealkylation sites (N-methyl/N-ethyl adjacent to an activating group) is 1.